The van der Waals surface area contributed by atoms with E-state index in [-0.39, 0.29) is 6.04 Å². The molecule has 4 nitrogen and oxygen atoms in total. The molecule has 1 aromatic rings. The summed E-state index contributed by atoms with van der Waals surface area (Å²) in [5, 5.41) is 4.95. The fourth-order valence-corrected chi connectivity index (χ4v) is 3.23. The first-order chi connectivity index (χ1) is 9.22. The lowest BCUT2D eigenvalue weighted by Crippen LogP contribution is -2.19. The number of ether oxygens (including phenoxy) is 1. The van der Waals surface area contributed by atoms with Crippen molar-refractivity contribution in [2.45, 2.75) is 51.1 Å². The molecule has 19 heavy (non-hydrogen) atoms. The van der Waals surface area contributed by atoms with Crippen LogP contribution < -0.4 is 5.73 Å². The summed E-state index contributed by atoms with van der Waals surface area (Å²) in [5.41, 5.74) is 7.26. The molecule has 1 aliphatic rings. The molecule has 108 valence electrons. The van der Waals surface area contributed by atoms with Gasteiger partial charge >= 0.3 is 0 Å². The summed E-state index contributed by atoms with van der Waals surface area (Å²) in [7, 11) is 1.69. The first-order valence-corrected chi connectivity index (χ1v) is 7.56. The van der Waals surface area contributed by atoms with Crippen molar-refractivity contribution in [1.82, 2.24) is 9.78 Å². The SMILES string of the molecule is COCCn1ncc(Cl)c1C(N)CCC1CCCC1. The lowest BCUT2D eigenvalue weighted by atomic mass is 9.97. The minimum atomic E-state index is -0.0209. The number of aromatic nitrogens is 2. The van der Waals surface area contributed by atoms with Crippen LogP contribution in [-0.4, -0.2) is 23.5 Å². The van der Waals surface area contributed by atoms with Crippen LogP contribution in [0.4, 0.5) is 0 Å². The van der Waals surface area contributed by atoms with E-state index >= 15 is 0 Å². The molecule has 0 amide bonds. The van der Waals surface area contributed by atoms with Crippen LogP contribution >= 0.6 is 11.6 Å². The average Bonchev–Trinajstić information content (AvgIpc) is 3.03. The van der Waals surface area contributed by atoms with Gasteiger partial charge in [0, 0.05) is 13.2 Å². The summed E-state index contributed by atoms with van der Waals surface area (Å²) in [4.78, 5) is 0. The summed E-state index contributed by atoms with van der Waals surface area (Å²) >= 11 is 6.21. The van der Waals surface area contributed by atoms with E-state index in [1.54, 1.807) is 13.3 Å². The molecule has 1 aliphatic carbocycles. The predicted molar refractivity (Wildman–Crippen MR) is 77.2 cm³/mol. The Hall–Kier alpha value is -0.580. The minimum absolute atomic E-state index is 0.0209. The molecule has 0 spiro atoms. The second kappa shape index (κ2) is 7.27. The number of rotatable bonds is 7. The largest absolute Gasteiger partial charge is 0.383 e. The highest BCUT2D eigenvalue weighted by Crippen LogP contribution is 2.32. The molecule has 0 radical (unpaired) electrons. The molecule has 0 aliphatic heterocycles. The van der Waals surface area contributed by atoms with Crippen molar-refractivity contribution in [1.29, 1.82) is 0 Å². The van der Waals surface area contributed by atoms with Gasteiger partial charge in [-0.05, 0) is 18.8 Å². The highest BCUT2D eigenvalue weighted by atomic mass is 35.5. The van der Waals surface area contributed by atoms with Crippen molar-refractivity contribution in [3.8, 4) is 0 Å². The molecule has 1 atom stereocenters. The number of halogens is 1. The second-order valence-corrected chi connectivity index (χ2v) is 5.84. The Morgan fingerprint density at radius 2 is 2.26 bits per heavy atom. The first-order valence-electron chi connectivity index (χ1n) is 7.18. The van der Waals surface area contributed by atoms with Gasteiger partial charge in [-0.2, -0.15) is 5.10 Å². The fraction of sp³-hybridized carbons (Fsp3) is 0.786. The third-order valence-corrected chi connectivity index (χ3v) is 4.34. The molecule has 1 unspecified atom stereocenters. The highest BCUT2D eigenvalue weighted by molar-refractivity contribution is 6.31. The van der Waals surface area contributed by atoms with Crippen molar-refractivity contribution in [2.75, 3.05) is 13.7 Å². The van der Waals surface area contributed by atoms with E-state index in [9.17, 15) is 0 Å². The lowest BCUT2D eigenvalue weighted by Gasteiger charge is -2.17. The molecule has 5 heteroatoms. The topological polar surface area (TPSA) is 53.1 Å². The number of methoxy groups -OCH3 is 1. The number of hydrogen-bond acceptors (Lipinski definition) is 3. The quantitative estimate of drug-likeness (QED) is 0.837. The average molecular weight is 286 g/mol. The Labute approximate surface area is 120 Å². The van der Waals surface area contributed by atoms with Crippen molar-refractivity contribution in [2.24, 2.45) is 11.7 Å². The smallest absolute Gasteiger partial charge is 0.0834 e. The van der Waals surface area contributed by atoms with Crippen molar-refractivity contribution < 1.29 is 4.74 Å². The zero-order valence-electron chi connectivity index (χ0n) is 11.6. The number of hydrogen-bond donors (Lipinski definition) is 1. The molecule has 2 N–H and O–H groups in total. The summed E-state index contributed by atoms with van der Waals surface area (Å²) in [6, 6.07) is -0.0209. The molecule has 0 bridgehead atoms. The van der Waals surface area contributed by atoms with Gasteiger partial charge in [-0.25, -0.2) is 0 Å². The molecule has 0 aromatic carbocycles. The van der Waals surface area contributed by atoms with Gasteiger partial charge in [0.2, 0.25) is 0 Å². The summed E-state index contributed by atoms with van der Waals surface area (Å²) < 4.78 is 6.97. The van der Waals surface area contributed by atoms with Gasteiger partial charge in [-0.15, -0.1) is 0 Å². The molecule has 1 aromatic heterocycles. The fourth-order valence-electron chi connectivity index (χ4n) is 2.95. The van der Waals surface area contributed by atoms with Crippen molar-refractivity contribution in [3.63, 3.8) is 0 Å². The molecule has 1 fully saturated rings. The maximum atomic E-state index is 6.30. The Morgan fingerprint density at radius 1 is 1.53 bits per heavy atom. The number of nitrogens with two attached hydrogens (primary N) is 1. The van der Waals surface area contributed by atoms with Gasteiger partial charge < -0.3 is 10.5 Å². The number of nitrogens with zero attached hydrogens (tertiary/aromatic N) is 2. The highest BCUT2D eigenvalue weighted by Gasteiger charge is 2.20. The monoisotopic (exact) mass is 285 g/mol. The summed E-state index contributed by atoms with van der Waals surface area (Å²) in [6.07, 6.45) is 9.36. The second-order valence-electron chi connectivity index (χ2n) is 5.43. The van der Waals surface area contributed by atoms with Crippen LogP contribution in [0.1, 0.15) is 50.3 Å². The van der Waals surface area contributed by atoms with Crippen LogP contribution in [0.3, 0.4) is 0 Å². The van der Waals surface area contributed by atoms with Gasteiger partial charge in [0.1, 0.15) is 0 Å². The van der Waals surface area contributed by atoms with Crippen LogP contribution in [0.15, 0.2) is 6.20 Å². The summed E-state index contributed by atoms with van der Waals surface area (Å²) in [6.45, 7) is 1.33. The van der Waals surface area contributed by atoms with E-state index in [0.29, 0.717) is 18.2 Å². The van der Waals surface area contributed by atoms with Crippen LogP contribution in [-0.2, 0) is 11.3 Å². The van der Waals surface area contributed by atoms with Crippen LogP contribution in [0.5, 0.6) is 0 Å². The van der Waals surface area contributed by atoms with Crippen molar-refractivity contribution in [3.05, 3.63) is 16.9 Å². The molecule has 0 saturated heterocycles. The van der Waals surface area contributed by atoms with E-state index in [0.717, 1.165) is 18.0 Å². The zero-order valence-corrected chi connectivity index (χ0v) is 12.4. The van der Waals surface area contributed by atoms with Gasteiger partial charge in [-0.3, -0.25) is 4.68 Å². The summed E-state index contributed by atoms with van der Waals surface area (Å²) in [5.74, 6) is 0.861. The van der Waals surface area contributed by atoms with E-state index < -0.39 is 0 Å². The van der Waals surface area contributed by atoms with Gasteiger partial charge in [0.15, 0.2) is 0 Å². The van der Waals surface area contributed by atoms with Gasteiger partial charge in [0.25, 0.3) is 0 Å². The van der Waals surface area contributed by atoms with Gasteiger partial charge in [-0.1, -0.05) is 37.3 Å². The lowest BCUT2D eigenvalue weighted by molar-refractivity contribution is 0.182. The standard InChI is InChI=1S/C14H24ClN3O/c1-19-9-8-18-14(12(15)10-17-18)13(16)7-6-11-4-2-3-5-11/h10-11,13H,2-9,16H2,1H3. The zero-order chi connectivity index (χ0) is 13.7. The van der Waals surface area contributed by atoms with E-state index in [1.807, 2.05) is 4.68 Å². The maximum absolute atomic E-state index is 6.30. The molecule has 1 heterocycles. The Bertz CT molecular complexity index is 388. The van der Waals surface area contributed by atoms with E-state index in [2.05, 4.69) is 5.10 Å². The molecule has 2 rings (SSSR count). The molecular formula is C14H24ClN3O. The third-order valence-electron chi connectivity index (χ3n) is 4.05. The maximum Gasteiger partial charge on any atom is 0.0834 e. The van der Waals surface area contributed by atoms with Crippen LogP contribution in [0.2, 0.25) is 5.02 Å². The Balaban J connectivity index is 1.92. The van der Waals surface area contributed by atoms with Crippen LogP contribution in [0, 0.1) is 5.92 Å². The molecular weight excluding hydrogens is 262 g/mol. The van der Waals surface area contributed by atoms with Crippen LogP contribution in [0.25, 0.3) is 0 Å². The Morgan fingerprint density at radius 3 is 2.95 bits per heavy atom. The van der Waals surface area contributed by atoms with E-state index in [4.69, 9.17) is 22.1 Å². The minimum Gasteiger partial charge on any atom is -0.383 e. The predicted octanol–water partition coefficient (Wildman–Crippen LogP) is 3.15. The first kappa shape index (κ1) is 14.8. The van der Waals surface area contributed by atoms with Crippen molar-refractivity contribution >= 4 is 11.6 Å². The third kappa shape index (κ3) is 3.94. The Kier molecular flexibility index (Phi) is 5.67. The normalized spacial score (nSPS) is 18.1. The van der Waals surface area contributed by atoms with E-state index in [1.165, 1.54) is 32.1 Å². The molecule has 1 saturated carbocycles. The van der Waals surface area contributed by atoms with Gasteiger partial charge in [0.05, 0.1) is 30.1 Å².